The Balaban J connectivity index is 1.87. The lowest BCUT2D eigenvalue weighted by atomic mass is 9.97. The molecule has 0 bridgehead atoms. The molecule has 3 rings (SSSR count). The minimum absolute atomic E-state index is 0.721. The summed E-state index contributed by atoms with van der Waals surface area (Å²) in [4.78, 5) is 0. The molecule has 86 valence electrons. The van der Waals surface area contributed by atoms with Crippen LogP contribution in [0.25, 0.3) is 0 Å². The third-order valence-corrected chi connectivity index (χ3v) is 4.36. The summed E-state index contributed by atoms with van der Waals surface area (Å²) in [6.07, 6.45) is 7.84. The number of halogens is 1. The number of hydrogen-bond acceptors (Lipinski definition) is 1. The van der Waals surface area contributed by atoms with E-state index in [9.17, 15) is 0 Å². The van der Waals surface area contributed by atoms with Crippen LogP contribution < -0.4 is 5.32 Å². The van der Waals surface area contributed by atoms with E-state index in [-0.39, 0.29) is 0 Å². The third-order valence-electron chi connectivity index (χ3n) is 3.90. The van der Waals surface area contributed by atoms with Crippen molar-refractivity contribution in [3.8, 4) is 0 Å². The molecular formula is C14H18BrN. The van der Waals surface area contributed by atoms with Gasteiger partial charge in [0.15, 0.2) is 0 Å². The molecule has 1 heterocycles. The number of rotatable bonds is 2. The second-order valence-electron chi connectivity index (χ2n) is 5.05. The summed E-state index contributed by atoms with van der Waals surface area (Å²) < 4.78 is 1.26. The lowest BCUT2D eigenvalue weighted by Crippen LogP contribution is -2.24. The molecule has 0 aromatic heterocycles. The zero-order valence-electron chi connectivity index (χ0n) is 9.56. The van der Waals surface area contributed by atoms with Crippen LogP contribution in [0.3, 0.4) is 0 Å². The lowest BCUT2D eigenvalue weighted by Gasteiger charge is -2.14. The summed E-state index contributed by atoms with van der Waals surface area (Å²) in [6.45, 7) is 1.21. The van der Waals surface area contributed by atoms with E-state index in [2.05, 4.69) is 33.4 Å². The molecule has 1 atom stereocenters. The van der Waals surface area contributed by atoms with E-state index < -0.39 is 0 Å². The van der Waals surface area contributed by atoms with Crippen LogP contribution in [0.2, 0.25) is 0 Å². The van der Waals surface area contributed by atoms with Gasteiger partial charge in [0.05, 0.1) is 0 Å². The zero-order valence-corrected chi connectivity index (χ0v) is 11.1. The topological polar surface area (TPSA) is 12.0 Å². The van der Waals surface area contributed by atoms with Crippen LogP contribution in [0.1, 0.15) is 36.0 Å². The normalized spacial score (nSPS) is 23.7. The van der Waals surface area contributed by atoms with Crippen molar-refractivity contribution < 1.29 is 0 Å². The van der Waals surface area contributed by atoms with E-state index in [4.69, 9.17) is 0 Å². The van der Waals surface area contributed by atoms with Gasteiger partial charge in [-0.15, -0.1) is 0 Å². The van der Waals surface area contributed by atoms with Gasteiger partial charge in [0.25, 0.3) is 0 Å². The first-order valence-corrected chi connectivity index (χ1v) is 7.16. The van der Waals surface area contributed by atoms with E-state index in [0.29, 0.717) is 0 Å². The van der Waals surface area contributed by atoms with Crippen molar-refractivity contribution >= 4 is 15.9 Å². The molecule has 1 aromatic rings. The fraction of sp³-hybridized carbons (Fsp3) is 0.571. The molecule has 1 unspecified atom stereocenters. The van der Waals surface area contributed by atoms with Gasteiger partial charge >= 0.3 is 0 Å². The van der Waals surface area contributed by atoms with Crippen LogP contribution in [0, 0.1) is 0 Å². The maximum Gasteiger partial charge on any atom is 0.0180 e. The summed E-state index contributed by atoms with van der Waals surface area (Å²) in [5.41, 5.74) is 4.82. The van der Waals surface area contributed by atoms with Gasteiger partial charge < -0.3 is 5.32 Å². The molecule has 1 aromatic carbocycles. The van der Waals surface area contributed by atoms with Crippen LogP contribution in [-0.2, 0) is 19.3 Å². The molecule has 1 fully saturated rings. The Labute approximate surface area is 106 Å². The van der Waals surface area contributed by atoms with Gasteiger partial charge in [-0.25, -0.2) is 0 Å². The van der Waals surface area contributed by atoms with Crippen LogP contribution >= 0.6 is 15.9 Å². The molecule has 2 aliphatic rings. The Morgan fingerprint density at radius 2 is 2.19 bits per heavy atom. The molecule has 1 aliphatic carbocycles. The van der Waals surface area contributed by atoms with E-state index >= 15 is 0 Å². The molecule has 2 heteroatoms. The first kappa shape index (κ1) is 10.8. The van der Waals surface area contributed by atoms with Gasteiger partial charge in [0.2, 0.25) is 0 Å². The largest absolute Gasteiger partial charge is 0.314 e. The zero-order chi connectivity index (χ0) is 11.0. The van der Waals surface area contributed by atoms with Crippen LogP contribution in [0.4, 0.5) is 0 Å². The maximum absolute atomic E-state index is 3.64. The summed E-state index contributed by atoms with van der Waals surface area (Å²) in [7, 11) is 0. The summed E-state index contributed by atoms with van der Waals surface area (Å²) >= 11 is 3.64. The van der Waals surface area contributed by atoms with Crippen molar-refractivity contribution in [3.63, 3.8) is 0 Å². The van der Waals surface area contributed by atoms with Crippen molar-refractivity contribution in [2.24, 2.45) is 0 Å². The fourth-order valence-corrected chi connectivity index (χ4v) is 3.69. The second kappa shape index (κ2) is 4.50. The second-order valence-corrected chi connectivity index (χ2v) is 5.97. The van der Waals surface area contributed by atoms with Crippen molar-refractivity contribution in [3.05, 3.63) is 33.3 Å². The smallest absolute Gasteiger partial charge is 0.0180 e. The van der Waals surface area contributed by atoms with E-state index in [1.807, 2.05) is 0 Å². The SMILES string of the molecule is Brc1cc2c(c(CC3CCCN3)c1)CCC2. The number of nitrogens with one attached hydrogen (secondary N) is 1. The van der Waals surface area contributed by atoms with Crippen LogP contribution in [0.15, 0.2) is 16.6 Å². The molecule has 0 radical (unpaired) electrons. The number of hydrogen-bond donors (Lipinski definition) is 1. The molecule has 1 N–H and O–H groups in total. The molecule has 1 aliphatic heterocycles. The van der Waals surface area contributed by atoms with Crippen molar-refractivity contribution in [1.29, 1.82) is 0 Å². The fourth-order valence-electron chi connectivity index (χ4n) is 3.13. The number of fused-ring (bicyclic) bond motifs is 1. The molecule has 1 saturated heterocycles. The highest BCUT2D eigenvalue weighted by Gasteiger charge is 2.20. The summed E-state index contributed by atoms with van der Waals surface area (Å²) in [6, 6.07) is 5.37. The van der Waals surface area contributed by atoms with E-state index in [1.54, 1.807) is 16.7 Å². The van der Waals surface area contributed by atoms with Gasteiger partial charge in [-0.05, 0) is 73.9 Å². The predicted octanol–water partition coefficient (Wildman–Crippen LogP) is 3.23. The minimum atomic E-state index is 0.721. The van der Waals surface area contributed by atoms with Gasteiger partial charge in [-0.3, -0.25) is 0 Å². The van der Waals surface area contributed by atoms with Crippen LogP contribution in [-0.4, -0.2) is 12.6 Å². The first-order valence-electron chi connectivity index (χ1n) is 6.36. The Kier molecular flexibility index (Phi) is 3.03. The minimum Gasteiger partial charge on any atom is -0.314 e. The average Bonchev–Trinajstić information content (AvgIpc) is 2.87. The average molecular weight is 280 g/mol. The highest BCUT2D eigenvalue weighted by molar-refractivity contribution is 9.10. The summed E-state index contributed by atoms with van der Waals surface area (Å²) in [5.74, 6) is 0. The maximum atomic E-state index is 3.64. The first-order chi connectivity index (χ1) is 7.83. The Hall–Kier alpha value is -0.340. The lowest BCUT2D eigenvalue weighted by molar-refractivity contribution is 0.600. The highest BCUT2D eigenvalue weighted by atomic mass is 79.9. The molecule has 0 spiro atoms. The van der Waals surface area contributed by atoms with Gasteiger partial charge in [-0.1, -0.05) is 15.9 Å². The van der Waals surface area contributed by atoms with E-state index in [1.165, 1.54) is 49.5 Å². The Morgan fingerprint density at radius 1 is 1.25 bits per heavy atom. The highest BCUT2D eigenvalue weighted by Crippen LogP contribution is 2.30. The van der Waals surface area contributed by atoms with Crippen LogP contribution in [0.5, 0.6) is 0 Å². The van der Waals surface area contributed by atoms with Crippen molar-refractivity contribution in [2.75, 3.05) is 6.54 Å². The number of benzene rings is 1. The molecule has 0 saturated carbocycles. The molecule has 1 nitrogen and oxygen atoms in total. The Morgan fingerprint density at radius 3 is 3.00 bits per heavy atom. The quantitative estimate of drug-likeness (QED) is 0.877. The van der Waals surface area contributed by atoms with Gasteiger partial charge in [0.1, 0.15) is 0 Å². The number of aryl methyl sites for hydroxylation is 1. The molecule has 0 amide bonds. The Bertz CT molecular complexity index is 394. The molecule has 16 heavy (non-hydrogen) atoms. The molecular weight excluding hydrogens is 262 g/mol. The van der Waals surface area contributed by atoms with Gasteiger partial charge in [-0.2, -0.15) is 0 Å². The van der Waals surface area contributed by atoms with E-state index in [0.717, 1.165) is 6.04 Å². The monoisotopic (exact) mass is 279 g/mol. The van der Waals surface area contributed by atoms with Gasteiger partial charge in [0, 0.05) is 10.5 Å². The van der Waals surface area contributed by atoms with Crippen molar-refractivity contribution in [1.82, 2.24) is 5.32 Å². The third kappa shape index (κ3) is 2.05. The van der Waals surface area contributed by atoms with Crippen molar-refractivity contribution in [2.45, 2.75) is 44.6 Å². The predicted molar refractivity (Wildman–Crippen MR) is 70.9 cm³/mol. The standard InChI is InChI=1S/C14H18BrN/c15-12-7-10-3-1-5-14(10)11(8-12)9-13-4-2-6-16-13/h7-8,13,16H,1-6,9H2. The summed E-state index contributed by atoms with van der Waals surface area (Å²) in [5, 5.41) is 3.60.